The first-order chi connectivity index (χ1) is 39.5. The van der Waals surface area contributed by atoms with Crippen molar-refractivity contribution in [1.82, 2.24) is 39.8 Å². The number of rotatable bonds is 23. The second-order valence-electron chi connectivity index (χ2n) is 23.9. The zero-order valence-electron chi connectivity index (χ0n) is 51.4. The summed E-state index contributed by atoms with van der Waals surface area (Å²) in [5, 5.41) is 28.0. The molecule has 2 aromatic heterocycles. The highest BCUT2D eigenvalue weighted by Gasteiger charge is 2.61. The predicted octanol–water partition coefficient (Wildman–Crippen LogP) is 6.28. The molecule has 0 bridgehead atoms. The minimum atomic E-state index is -1.46. The van der Waals surface area contributed by atoms with E-state index in [1.54, 1.807) is 79.2 Å². The van der Waals surface area contributed by atoms with Crippen molar-refractivity contribution in [3.05, 3.63) is 54.1 Å². The Balaban J connectivity index is 1.16. The summed E-state index contributed by atoms with van der Waals surface area (Å²) in [5.41, 5.74) is -1.51. The summed E-state index contributed by atoms with van der Waals surface area (Å²) >= 11 is 0. The lowest BCUT2D eigenvalue weighted by Gasteiger charge is -2.49. The molecule has 1 N–H and O–H groups in total. The molecular formula is C59H93FN8O15. The molecule has 19 atom stereocenters. The highest BCUT2D eigenvalue weighted by molar-refractivity contribution is 5.85. The van der Waals surface area contributed by atoms with E-state index in [-0.39, 0.29) is 50.3 Å². The molecule has 0 unspecified atom stereocenters. The van der Waals surface area contributed by atoms with Gasteiger partial charge in [0.15, 0.2) is 18.2 Å². The number of alkyl halides is 1. The standard InChI is InChI=1S/C59H93FN8O15/c1-16-46-59(10)52(66(56(72)83-59)25-26-77-28-27-73-12)37(4)49(69)35(2)31-58(9,76-15)54(38(5)50(39(6)55(71)80-46)81-48-32-57(8,75-14)53(70)40(7)79-48)82-47-30-44(29-36(3)78-47)65(11)23-21-42-34-68(64-62-42)45(33-60)51(74-13)41-17-19-43(20-18-41)67-24-22-61-63-67/h17-20,22,24,34-40,44-48,50-54,70H,16,21,23,25-33H2,1-15H3/t35-,36-,37+,38+,39-,40+,44+,45-,46-,47+,48+,50+,51-,52-,53+,54-,57-,58-,59-/m1/s1. The number of esters is 1. The molecule has 3 aromatic rings. The Bertz CT molecular complexity index is 2530. The first-order valence-corrected chi connectivity index (χ1v) is 29.4. The summed E-state index contributed by atoms with van der Waals surface area (Å²) in [6.07, 6.45) is -0.655. The Morgan fingerprint density at radius 2 is 1.60 bits per heavy atom. The summed E-state index contributed by atoms with van der Waals surface area (Å²) in [4.78, 5) is 48.0. The summed E-state index contributed by atoms with van der Waals surface area (Å²) < 4.78 is 87.5. The maximum Gasteiger partial charge on any atom is 0.411 e. The molecule has 0 radical (unpaired) electrons. The lowest BCUT2D eigenvalue weighted by molar-refractivity contribution is -0.309. The number of ether oxygens (including phenoxy) is 11. The largest absolute Gasteiger partial charge is 0.458 e. The van der Waals surface area contributed by atoms with Gasteiger partial charge in [0.25, 0.3) is 0 Å². The van der Waals surface area contributed by atoms with Crippen molar-refractivity contribution in [3.8, 4) is 5.69 Å². The second-order valence-corrected chi connectivity index (χ2v) is 23.9. The number of methoxy groups -OCH3 is 4. The zero-order valence-corrected chi connectivity index (χ0v) is 51.4. The molecule has 466 valence electrons. The summed E-state index contributed by atoms with van der Waals surface area (Å²) in [5.74, 6) is -3.96. The number of cyclic esters (lactones) is 1. The maximum atomic E-state index is 15.2. The Labute approximate surface area is 488 Å². The van der Waals surface area contributed by atoms with Crippen molar-refractivity contribution in [2.24, 2.45) is 23.7 Å². The number of hydrogen-bond acceptors (Lipinski definition) is 20. The van der Waals surface area contributed by atoms with Gasteiger partial charge in [0.2, 0.25) is 0 Å². The van der Waals surface area contributed by atoms with Crippen molar-refractivity contribution in [2.45, 2.75) is 198 Å². The zero-order chi connectivity index (χ0) is 60.6. The highest BCUT2D eigenvalue weighted by atomic mass is 19.1. The smallest absolute Gasteiger partial charge is 0.411 e. The number of amides is 1. The third-order valence-electron chi connectivity index (χ3n) is 18.1. The van der Waals surface area contributed by atoms with Crippen molar-refractivity contribution >= 4 is 17.8 Å². The number of carbonyl (C=O) groups is 3. The quantitative estimate of drug-likeness (QED) is 0.0811. The van der Waals surface area contributed by atoms with Crippen molar-refractivity contribution in [2.75, 3.05) is 75.1 Å². The van der Waals surface area contributed by atoms with Gasteiger partial charge in [-0.05, 0) is 85.5 Å². The monoisotopic (exact) mass is 1170 g/mol. The molecule has 0 aliphatic carbocycles. The summed E-state index contributed by atoms with van der Waals surface area (Å²) in [7, 11) is 8.26. The van der Waals surface area contributed by atoms with Gasteiger partial charge in [0.1, 0.15) is 36.8 Å². The van der Waals surface area contributed by atoms with Gasteiger partial charge in [0, 0.05) is 90.8 Å². The first-order valence-electron chi connectivity index (χ1n) is 29.4. The van der Waals surface area contributed by atoms with Crippen LogP contribution in [0.5, 0.6) is 0 Å². The number of fused-ring (bicyclic) bond motifs is 1. The van der Waals surface area contributed by atoms with E-state index in [0.29, 0.717) is 44.7 Å². The SMILES string of the molecule is CC[C@H]1OC(=O)[C@H](C)[C@@H](O[C@H]2C[C@@](C)(OC)[C@@H](O)[C@H](C)O2)[C@H](C)[C@@H](O[C@H]2C[C@@H](N(C)CCc3cn([C@H](CF)[C@H](OC)c4ccc(-n5ccnn5)cc4)nn3)C[C@@H](C)O2)[C@](C)(OC)C[C@@H](C)C(=O)[C@H](C)[C@H]2N(CCOCCOC)C(=O)O[C@]12C. The maximum absolute atomic E-state index is 15.2. The van der Waals surface area contributed by atoms with E-state index in [9.17, 15) is 14.3 Å². The number of hydrogen-bond donors (Lipinski definition) is 1. The van der Waals surface area contributed by atoms with E-state index in [4.69, 9.17) is 52.1 Å². The van der Waals surface area contributed by atoms with Crippen molar-refractivity contribution in [3.63, 3.8) is 0 Å². The fourth-order valence-corrected chi connectivity index (χ4v) is 13.2. The van der Waals surface area contributed by atoms with Crippen LogP contribution in [-0.2, 0) is 68.1 Å². The second kappa shape index (κ2) is 28.7. The van der Waals surface area contributed by atoms with Crippen LogP contribution in [0.15, 0.2) is 42.9 Å². The van der Waals surface area contributed by atoms with Crippen LogP contribution in [0.1, 0.15) is 125 Å². The summed E-state index contributed by atoms with van der Waals surface area (Å²) in [6.45, 7) is 19.1. The minimum Gasteiger partial charge on any atom is -0.458 e. The van der Waals surface area contributed by atoms with Crippen LogP contribution in [-0.4, -0.2) is 216 Å². The molecule has 23 nitrogen and oxygen atoms in total. The molecule has 24 heteroatoms. The first kappa shape index (κ1) is 65.9. The van der Waals surface area contributed by atoms with E-state index < -0.39 is 120 Å². The van der Waals surface area contributed by atoms with E-state index in [2.05, 4.69) is 25.5 Å². The Morgan fingerprint density at radius 1 is 0.880 bits per heavy atom. The molecule has 7 rings (SSSR count). The van der Waals surface area contributed by atoms with Crippen molar-refractivity contribution in [1.29, 1.82) is 0 Å². The van der Waals surface area contributed by atoms with Gasteiger partial charge >= 0.3 is 12.1 Å². The molecule has 0 spiro atoms. The molecule has 1 aromatic carbocycles. The molecule has 4 saturated heterocycles. The molecule has 6 heterocycles. The van der Waals surface area contributed by atoms with Gasteiger partial charge in [0.05, 0.1) is 91.2 Å². The van der Waals surface area contributed by atoms with Crippen LogP contribution < -0.4 is 0 Å². The number of aliphatic hydroxyl groups excluding tert-OH is 1. The number of carbonyl (C=O) groups excluding carboxylic acids is 3. The summed E-state index contributed by atoms with van der Waals surface area (Å²) in [6, 6.07) is 5.82. The van der Waals surface area contributed by atoms with E-state index in [0.717, 1.165) is 11.3 Å². The molecule has 4 aliphatic rings. The van der Waals surface area contributed by atoms with Gasteiger partial charge < -0.3 is 62.1 Å². The van der Waals surface area contributed by atoms with Gasteiger partial charge in [-0.15, -0.1) is 10.2 Å². The molecule has 83 heavy (non-hydrogen) atoms. The average Bonchev–Trinajstić information content (AvgIpc) is 2.68. The molecular weight excluding hydrogens is 1080 g/mol. The van der Waals surface area contributed by atoms with Crippen LogP contribution in [0.25, 0.3) is 5.69 Å². The molecule has 4 aliphatic heterocycles. The third kappa shape index (κ3) is 14.8. The fraction of sp³-hybridized carbons (Fsp3) is 0.780. The predicted molar refractivity (Wildman–Crippen MR) is 300 cm³/mol. The number of ketones is 1. The van der Waals surface area contributed by atoms with Crippen molar-refractivity contribution < 1.29 is 76.0 Å². The number of halogens is 1. The fourth-order valence-electron chi connectivity index (χ4n) is 13.2. The molecule has 1 amide bonds. The lowest BCUT2D eigenvalue weighted by Crippen LogP contribution is -2.60. The van der Waals surface area contributed by atoms with E-state index in [1.807, 2.05) is 65.9 Å². The van der Waals surface area contributed by atoms with E-state index >= 15 is 9.59 Å². The third-order valence-corrected chi connectivity index (χ3v) is 18.1. The molecule has 4 fully saturated rings. The van der Waals surface area contributed by atoms with Crippen LogP contribution >= 0.6 is 0 Å². The van der Waals surface area contributed by atoms with Crippen LogP contribution in [0.3, 0.4) is 0 Å². The topological polar surface area (TPSA) is 241 Å². The number of nitrogens with zero attached hydrogens (tertiary/aromatic N) is 8. The van der Waals surface area contributed by atoms with Gasteiger partial charge in [-0.1, -0.05) is 50.3 Å². The number of aliphatic hydroxyl groups is 1. The van der Waals surface area contributed by atoms with Crippen LogP contribution in [0, 0.1) is 23.7 Å². The van der Waals surface area contributed by atoms with Gasteiger partial charge in [-0.2, -0.15) is 0 Å². The normalized spacial score (nSPS) is 35.6. The number of aromatic nitrogens is 6. The van der Waals surface area contributed by atoms with E-state index in [1.165, 1.54) is 16.7 Å². The van der Waals surface area contributed by atoms with Gasteiger partial charge in [-0.3, -0.25) is 14.5 Å². The number of likely N-dealkylation sites (N-methyl/N-ethyl adjacent to an activating group) is 1. The Morgan fingerprint density at radius 3 is 2.24 bits per heavy atom. The van der Waals surface area contributed by atoms with Crippen LogP contribution in [0.4, 0.5) is 9.18 Å². The molecule has 0 saturated carbocycles. The number of Topliss-reactive ketones (excluding diaryl/α,β-unsaturated/α-hetero) is 1. The lowest BCUT2D eigenvalue weighted by atomic mass is 9.73. The number of benzene rings is 1. The van der Waals surface area contributed by atoms with Crippen LogP contribution in [0.2, 0.25) is 0 Å². The Hall–Kier alpha value is -4.60. The minimum absolute atomic E-state index is 0.0408. The highest BCUT2D eigenvalue weighted by Crippen LogP contribution is 2.45. The average molecular weight is 1170 g/mol. The Kier molecular flexibility index (Phi) is 22.8. The van der Waals surface area contributed by atoms with Gasteiger partial charge in [-0.25, -0.2) is 18.5 Å².